The third-order valence-corrected chi connectivity index (χ3v) is 6.22. The maximum Gasteiger partial charge on any atom is 0.322 e. The third-order valence-electron chi connectivity index (χ3n) is 4.67. The number of urea groups is 1. The van der Waals surface area contributed by atoms with Crippen molar-refractivity contribution in [1.82, 2.24) is 5.32 Å². The van der Waals surface area contributed by atoms with Gasteiger partial charge in [-0.25, -0.2) is 22.0 Å². The molecule has 0 spiro atoms. The molecule has 3 rings (SSSR count). The number of halogens is 2. The molecule has 2 aromatic rings. The molecule has 1 aliphatic rings. The second-order valence-electron chi connectivity index (χ2n) is 6.99. The second-order valence-corrected chi connectivity index (χ2v) is 9.05. The van der Waals surface area contributed by atoms with Gasteiger partial charge >= 0.3 is 6.03 Å². The van der Waals surface area contributed by atoms with Crippen molar-refractivity contribution in [3.63, 3.8) is 0 Å². The van der Waals surface area contributed by atoms with Crippen molar-refractivity contribution in [1.29, 1.82) is 0 Å². The normalized spacial score (nSPS) is 14.0. The zero-order chi connectivity index (χ0) is 20.5. The number of carbonyl (C=O) groups is 1. The Labute approximate surface area is 163 Å². The lowest BCUT2D eigenvalue weighted by atomic mass is 10.1. The molecule has 28 heavy (non-hydrogen) atoms. The van der Waals surface area contributed by atoms with E-state index in [-0.39, 0.29) is 22.9 Å². The van der Waals surface area contributed by atoms with E-state index in [9.17, 15) is 22.0 Å². The van der Waals surface area contributed by atoms with Crippen molar-refractivity contribution in [2.24, 2.45) is 0 Å². The lowest BCUT2D eigenvalue weighted by molar-refractivity contribution is 0.244. The number of benzene rings is 2. The fourth-order valence-corrected chi connectivity index (χ4v) is 4.76. The summed E-state index contributed by atoms with van der Waals surface area (Å²) >= 11 is 0. The van der Waals surface area contributed by atoms with Gasteiger partial charge in [0.15, 0.2) is 9.84 Å². The van der Waals surface area contributed by atoms with E-state index in [0.717, 1.165) is 29.8 Å². The molecule has 0 bridgehead atoms. The van der Waals surface area contributed by atoms with Gasteiger partial charge in [-0.1, -0.05) is 19.1 Å². The molecule has 150 valence electrons. The minimum Gasteiger partial charge on any atom is -0.334 e. The first-order chi connectivity index (χ1) is 13.2. The van der Waals surface area contributed by atoms with Crippen molar-refractivity contribution in [2.75, 3.05) is 11.4 Å². The molecule has 2 amide bonds. The average molecular weight is 408 g/mol. The molecular weight excluding hydrogens is 386 g/mol. The van der Waals surface area contributed by atoms with Crippen LogP contribution in [0.3, 0.4) is 0 Å². The van der Waals surface area contributed by atoms with Crippen molar-refractivity contribution < 1.29 is 22.0 Å². The molecule has 0 radical (unpaired) electrons. The number of amides is 2. The predicted molar refractivity (Wildman–Crippen MR) is 104 cm³/mol. The van der Waals surface area contributed by atoms with E-state index in [0.29, 0.717) is 18.7 Å². The summed E-state index contributed by atoms with van der Waals surface area (Å²) in [6.45, 7) is 4.17. The molecular formula is C20H22F2N2O3S. The number of rotatable bonds is 6. The van der Waals surface area contributed by atoms with Gasteiger partial charge in [0, 0.05) is 18.7 Å². The maximum atomic E-state index is 13.7. The van der Waals surface area contributed by atoms with Gasteiger partial charge < -0.3 is 5.32 Å². The van der Waals surface area contributed by atoms with Crippen LogP contribution >= 0.6 is 0 Å². The fourth-order valence-electron chi connectivity index (χ4n) is 3.29. The topological polar surface area (TPSA) is 66.5 Å². The average Bonchev–Trinajstić information content (AvgIpc) is 2.61. The smallest absolute Gasteiger partial charge is 0.322 e. The van der Waals surface area contributed by atoms with Gasteiger partial charge in [-0.15, -0.1) is 0 Å². The summed E-state index contributed by atoms with van der Waals surface area (Å²) in [5.41, 5.74) is 2.14. The molecule has 1 heterocycles. The molecule has 0 saturated heterocycles. The van der Waals surface area contributed by atoms with Crippen LogP contribution in [0.15, 0.2) is 30.3 Å². The Bertz CT molecular complexity index is 999. The summed E-state index contributed by atoms with van der Waals surface area (Å²) in [4.78, 5) is 13.6. The molecule has 0 fully saturated rings. The van der Waals surface area contributed by atoms with Crippen LogP contribution in [0.4, 0.5) is 19.3 Å². The van der Waals surface area contributed by atoms with Gasteiger partial charge in [0.25, 0.3) is 0 Å². The van der Waals surface area contributed by atoms with E-state index in [1.54, 1.807) is 23.1 Å². The molecule has 0 aliphatic carbocycles. The SMILES string of the molecule is CCCN1C(=O)NCc2cc(CS(=O)(=O)Cc3cc(F)c(C)c(F)c3)ccc21. The number of nitrogens with one attached hydrogen (secondary N) is 1. The van der Waals surface area contributed by atoms with Crippen LogP contribution in [-0.4, -0.2) is 21.0 Å². The summed E-state index contributed by atoms with van der Waals surface area (Å²) in [5, 5.41) is 2.77. The molecule has 0 saturated carbocycles. The van der Waals surface area contributed by atoms with Crippen LogP contribution in [0.1, 0.15) is 35.6 Å². The lowest BCUT2D eigenvalue weighted by Crippen LogP contribution is -2.44. The van der Waals surface area contributed by atoms with Crippen LogP contribution in [0.2, 0.25) is 0 Å². The number of anilines is 1. The van der Waals surface area contributed by atoms with Crippen LogP contribution < -0.4 is 10.2 Å². The first-order valence-electron chi connectivity index (χ1n) is 9.02. The van der Waals surface area contributed by atoms with Crippen LogP contribution in [0.5, 0.6) is 0 Å². The number of sulfone groups is 1. The molecule has 5 nitrogen and oxygen atoms in total. The highest BCUT2D eigenvalue weighted by Gasteiger charge is 2.24. The Kier molecular flexibility index (Phi) is 5.69. The Balaban J connectivity index is 1.81. The minimum atomic E-state index is -3.63. The maximum absolute atomic E-state index is 13.7. The number of fused-ring (bicyclic) bond motifs is 1. The van der Waals surface area contributed by atoms with Crippen LogP contribution in [0.25, 0.3) is 0 Å². The Morgan fingerprint density at radius 3 is 2.36 bits per heavy atom. The van der Waals surface area contributed by atoms with Gasteiger partial charge in [-0.05, 0) is 48.2 Å². The monoisotopic (exact) mass is 408 g/mol. The van der Waals surface area contributed by atoms with E-state index in [1.165, 1.54) is 6.92 Å². The second kappa shape index (κ2) is 7.87. The van der Waals surface area contributed by atoms with Crippen molar-refractivity contribution in [2.45, 2.75) is 38.3 Å². The van der Waals surface area contributed by atoms with Gasteiger partial charge in [-0.3, -0.25) is 4.90 Å². The molecule has 8 heteroatoms. The first kappa shape index (κ1) is 20.3. The lowest BCUT2D eigenvalue weighted by Gasteiger charge is -2.30. The van der Waals surface area contributed by atoms with Gasteiger partial charge in [0.05, 0.1) is 17.2 Å². The quantitative estimate of drug-likeness (QED) is 0.790. The van der Waals surface area contributed by atoms with Crippen molar-refractivity contribution >= 4 is 21.6 Å². The molecule has 0 atom stereocenters. The number of hydrogen-bond acceptors (Lipinski definition) is 3. The Hall–Kier alpha value is -2.48. The fraction of sp³-hybridized carbons (Fsp3) is 0.350. The van der Waals surface area contributed by atoms with E-state index in [2.05, 4.69) is 5.32 Å². The van der Waals surface area contributed by atoms with Gasteiger partial charge in [0.2, 0.25) is 0 Å². The third kappa shape index (κ3) is 4.32. The Morgan fingerprint density at radius 2 is 1.71 bits per heavy atom. The zero-order valence-electron chi connectivity index (χ0n) is 15.8. The van der Waals surface area contributed by atoms with E-state index in [1.807, 2.05) is 6.92 Å². The number of carbonyl (C=O) groups excluding carboxylic acids is 1. The molecule has 1 N–H and O–H groups in total. The highest BCUT2D eigenvalue weighted by molar-refractivity contribution is 7.89. The van der Waals surface area contributed by atoms with Gasteiger partial charge in [0.1, 0.15) is 11.6 Å². The van der Waals surface area contributed by atoms with Crippen LogP contribution in [0, 0.1) is 18.6 Å². The summed E-state index contributed by atoms with van der Waals surface area (Å²) < 4.78 is 52.5. The largest absolute Gasteiger partial charge is 0.334 e. The first-order valence-corrected chi connectivity index (χ1v) is 10.8. The molecule has 1 aliphatic heterocycles. The van der Waals surface area contributed by atoms with E-state index >= 15 is 0 Å². The molecule has 2 aromatic carbocycles. The summed E-state index contributed by atoms with van der Waals surface area (Å²) in [6, 6.07) is 7.12. The van der Waals surface area contributed by atoms with Crippen LogP contribution in [-0.2, 0) is 27.9 Å². The predicted octanol–water partition coefficient (Wildman–Crippen LogP) is 3.83. The van der Waals surface area contributed by atoms with Crippen molar-refractivity contribution in [3.05, 3.63) is 64.2 Å². The van der Waals surface area contributed by atoms with E-state index in [4.69, 9.17) is 0 Å². The molecule has 0 unspecified atom stereocenters. The zero-order valence-corrected chi connectivity index (χ0v) is 16.6. The summed E-state index contributed by atoms with van der Waals surface area (Å²) in [6.07, 6.45) is 0.798. The Morgan fingerprint density at radius 1 is 1.07 bits per heavy atom. The summed E-state index contributed by atoms with van der Waals surface area (Å²) in [5.74, 6) is -2.22. The molecule has 0 aromatic heterocycles. The van der Waals surface area contributed by atoms with Crippen molar-refractivity contribution in [3.8, 4) is 0 Å². The number of hydrogen-bond donors (Lipinski definition) is 1. The minimum absolute atomic E-state index is 0.0833. The highest BCUT2D eigenvalue weighted by Crippen LogP contribution is 2.27. The van der Waals surface area contributed by atoms with Gasteiger partial charge in [-0.2, -0.15) is 0 Å². The standard InChI is InChI=1S/C20H22F2N2O3S/c1-3-6-24-19-5-4-14(7-16(19)10-23-20(24)25)11-28(26,27)12-15-8-17(21)13(2)18(22)9-15/h4-5,7-9H,3,6,10-12H2,1-2H3,(H,23,25). The van der Waals surface area contributed by atoms with E-state index < -0.39 is 27.2 Å². The summed E-state index contributed by atoms with van der Waals surface area (Å²) in [7, 11) is -3.63. The number of nitrogens with zero attached hydrogens (tertiary/aromatic N) is 1. The highest BCUT2D eigenvalue weighted by atomic mass is 32.2.